The molecule has 0 radical (unpaired) electrons. The first-order chi connectivity index (χ1) is 14.0. The molecule has 1 aromatic carbocycles. The van der Waals surface area contributed by atoms with E-state index in [0.717, 1.165) is 28.1 Å². The number of aryl methyl sites for hydroxylation is 1. The molecule has 0 spiro atoms. The van der Waals surface area contributed by atoms with Crippen LogP contribution in [0.3, 0.4) is 0 Å². The minimum Gasteiger partial charge on any atom is -0.269 e. The van der Waals surface area contributed by atoms with E-state index in [0.29, 0.717) is 11.7 Å². The van der Waals surface area contributed by atoms with E-state index in [1.807, 2.05) is 6.92 Å². The number of fused-ring (bicyclic) bond motifs is 1. The second kappa shape index (κ2) is 8.04. The zero-order chi connectivity index (χ0) is 22.1. The summed E-state index contributed by atoms with van der Waals surface area (Å²) >= 11 is 0. The molecule has 6 nitrogen and oxygen atoms in total. The van der Waals surface area contributed by atoms with Gasteiger partial charge in [0.1, 0.15) is 5.65 Å². The van der Waals surface area contributed by atoms with Gasteiger partial charge in [-0.15, -0.1) is 6.58 Å². The number of alkyl halides is 3. The number of hydrogen-bond donors (Lipinski definition) is 0. The lowest BCUT2D eigenvalue weighted by Crippen LogP contribution is -2.32. The Balaban J connectivity index is 2.03. The van der Waals surface area contributed by atoms with Crippen molar-refractivity contribution in [1.82, 2.24) is 13.7 Å². The zero-order valence-corrected chi connectivity index (χ0v) is 16.7. The molecule has 3 aromatic rings. The van der Waals surface area contributed by atoms with Crippen LogP contribution in [0.25, 0.3) is 5.65 Å². The number of benzene rings is 1. The van der Waals surface area contributed by atoms with E-state index in [-0.39, 0.29) is 18.8 Å². The van der Waals surface area contributed by atoms with E-state index < -0.39 is 32.2 Å². The third-order valence-corrected chi connectivity index (χ3v) is 6.15. The lowest BCUT2D eigenvalue weighted by Gasteiger charge is -2.21. The van der Waals surface area contributed by atoms with Crippen LogP contribution in [0.5, 0.6) is 0 Å². The Hall–Kier alpha value is -2.98. The van der Waals surface area contributed by atoms with Crippen LogP contribution < -0.4 is 5.56 Å². The van der Waals surface area contributed by atoms with Crippen LogP contribution in [-0.4, -0.2) is 28.7 Å². The summed E-state index contributed by atoms with van der Waals surface area (Å²) in [5.41, 5.74) is -0.0983. The van der Waals surface area contributed by atoms with E-state index >= 15 is 0 Å². The molecule has 0 fully saturated rings. The van der Waals surface area contributed by atoms with E-state index in [1.165, 1.54) is 16.5 Å². The lowest BCUT2D eigenvalue weighted by molar-refractivity contribution is -0.137. The molecule has 0 saturated carbocycles. The van der Waals surface area contributed by atoms with Crippen molar-refractivity contribution in [2.75, 3.05) is 6.54 Å². The van der Waals surface area contributed by atoms with Crippen LogP contribution in [0.1, 0.15) is 16.8 Å². The second-order valence-electron chi connectivity index (χ2n) is 6.63. The number of halogens is 3. The van der Waals surface area contributed by atoms with Crippen molar-refractivity contribution < 1.29 is 21.6 Å². The number of rotatable bonds is 6. The minimum atomic E-state index is -4.68. The van der Waals surface area contributed by atoms with Crippen LogP contribution in [-0.2, 0) is 22.7 Å². The standard InChI is InChI=1S/C20H18F3N3O3S/c1-3-8-25(30(28,29)17-6-4-5-15(11-17)20(21,22)23)13-16-12-19(27)26-9-7-14(2)10-18(26)24-16/h3-7,9-12H,1,8,13H2,2H3. The summed E-state index contributed by atoms with van der Waals surface area (Å²) in [6.45, 7) is 4.86. The highest BCUT2D eigenvalue weighted by molar-refractivity contribution is 7.89. The molecule has 2 heterocycles. The predicted molar refractivity (Wildman–Crippen MR) is 105 cm³/mol. The summed E-state index contributed by atoms with van der Waals surface area (Å²) in [4.78, 5) is 16.2. The Kier molecular flexibility index (Phi) is 5.82. The van der Waals surface area contributed by atoms with Gasteiger partial charge in [-0.3, -0.25) is 9.20 Å². The van der Waals surface area contributed by atoms with Crippen molar-refractivity contribution in [2.24, 2.45) is 0 Å². The largest absolute Gasteiger partial charge is 0.416 e. The van der Waals surface area contributed by atoms with Crippen LogP contribution in [0, 0.1) is 6.92 Å². The predicted octanol–water partition coefficient (Wildman–Crippen LogP) is 3.40. The maximum absolute atomic E-state index is 13.0. The van der Waals surface area contributed by atoms with Crippen LogP contribution in [0.2, 0.25) is 0 Å². The van der Waals surface area contributed by atoms with Gasteiger partial charge in [-0.2, -0.15) is 17.5 Å². The molecule has 10 heteroatoms. The monoisotopic (exact) mass is 437 g/mol. The molecule has 0 N–H and O–H groups in total. The topological polar surface area (TPSA) is 71.8 Å². The van der Waals surface area contributed by atoms with Gasteiger partial charge in [0.05, 0.1) is 22.7 Å². The Morgan fingerprint density at radius 3 is 2.60 bits per heavy atom. The van der Waals surface area contributed by atoms with E-state index in [2.05, 4.69) is 11.6 Å². The Morgan fingerprint density at radius 1 is 1.20 bits per heavy atom. The van der Waals surface area contributed by atoms with Gasteiger partial charge >= 0.3 is 6.18 Å². The molecule has 30 heavy (non-hydrogen) atoms. The van der Waals surface area contributed by atoms with Gasteiger partial charge in [0, 0.05) is 18.8 Å². The van der Waals surface area contributed by atoms with Crippen molar-refractivity contribution in [3.05, 3.63) is 88.5 Å². The molecule has 0 unspecified atom stereocenters. The van der Waals surface area contributed by atoms with Crippen molar-refractivity contribution in [3.63, 3.8) is 0 Å². The highest BCUT2D eigenvalue weighted by Crippen LogP contribution is 2.31. The van der Waals surface area contributed by atoms with Crippen molar-refractivity contribution in [1.29, 1.82) is 0 Å². The molecule has 0 amide bonds. The van der Waals surface area contributed by atoms with E-state index in [9.17, 15) is 26.4 Å². The molecule has 3 rings (SSSR count). The average molecular weight is 437 g/mol. The second-order valence-corrected chi connectivity index (χ2v) is 8.57. The maximum atomic E-state index is 13.0. The van der Waals surface area contributed by atoms with Gasteiger partial charge < -0.3 is 0 Å². The smallest absolute Gasteiger partial charge is 0.269 e. The summed E-state index contributed by atoms with van der Waals surface area (Å²) in [7, 11) is -4.31. The van der Waals surface area contributed by atoms with Crippen molar-refractivity contribution in [2.45, 2.75) is 24.5 Å². The number of sulfonamides is 1. The summed E-state index contributed by atoms with van der Waals surface area (Å²) < 4.78 is 67.3. The third kappa shape index (κ3) is 4.44. The summed E-state index contributed by atoms with van der Waals surface area (Å²) in [5.74, 6) is 0. The molecule has 0 aliphatic carbocycles. The molecule has 0 atom stereocenters. The first-order valence-electron chi connectivity index (χ1n) is 8.79. The fraction of sp³-hybridized carbons (Fsp3) is 0.200. The summed E-state index contributed by atoms with van der Waals surface area (Å²) in [6, 6.07) is 8.10. The quantitative estimate of drug-likeness (QED) is 0.554. The van der Waals surface area contributed by atoms with Gasteiger partial charge in [0.25, 0.3) is 5.56 Å². The van der Waals surface area contributed by atoms with Gasteiger partial charge in [0.15, 0.2) is 0 Å². The molecular weight excluding hydrogens is 419 g/mol. The van der Waals surface area contributed by atoms with Gasteiger partial charge in [-0.25, -0.2) is 13.4 Å². The Labute approximate surface area is 171 Å². The third-order valence-electron chi connectivity index (χ3n) is 4.35. The number of nitrogens with zero attached hydrogens (tertiary/aromatic N) is 3. The lowest BCUT2D eigenvalue weighted by atomic mass is 10.2. The van der Waals surface area contributed by atoms with Crippen molar-refractivity contribution >= 4 is 15.7 Å². The SMILES string of the molecule is C=CCN(Cc1cc(=O)n2ccc(C)cc2n1)S(=O)(=O)c1cccc(C(F)(F)F)c1. The van der Waals surface area contributed by atoms with Gasteiger partial charge in [0.2, 0.25) is 10.0 Å². The first-order valence-corrected chi connectivity index (χ1v) is 10.2. The van der Waals surface area contributed by atoms with Gasteiger partial charge in [-0.05, 0) is 42.8 Å². The molecule has 0 bridgehead atoms. The van der Waals surface area contributed by atoms with Gasteiger partial charge in [-0.1, -0.05) is 12.1 Å². The molecular formula is C20H18F3N3O3S. The number of pyridine rings is 1. The molecule has 0 saturated heterocycles. The Morgan fingerprint density at radius 2 is 1.93 bits per heavy atom. The zero-order valence-electron chi connectivity index (χ0n) is 15.9. The van der Waals surface area contributed by atoms with Crippen molar-refractivity contribution in [3.8, 4) is 0 Å². The fourth-order valence-electron chi connectivity index (χ4n) is 2.89. The Bertz CT molecular complexity index is 1270. The minimum absolute atomic E-state index is 0.169. The van der Waals surface area contributed by atoms with Crippen LogP contribution in [0.15, 0.2) is 71.0 Å². The average Bonchev–Trinajstić information content (AvgIpc) is 2.66. The molecule has 0 aliphatic heterocycles. The summed E-state index contributed by atoms with van der Waals surface area (Å²) in [6.07, 6.45) is -1.81. The first kappa shape index (κ1) is 21.7. The summed E-state index contributed by atoms with van der Waals surface area (Å²) in [5, 5.41) is 0. The fourth-order valence-corrected chi connectivity index (χ4v) is 4.32. The normalized spacial score (nSPS) is 12.4. The number of hydrogen-bond acceptors (Lipinski definition) is 4. The highest BCUT2D eigenvalue weighted by Gasteiger charge is 2.33. The van der Waals surface area contributed by atoms with E-state index in [1.54, 1.807) is 18.3 Å². The number of aromatic nitrogens is 2. The van der Waals surface area contributed by atoms with E-state index in [4.69, 9.17) is 0 Å². The maximum Gasteiger partial charge on any atom is 0.416 e. The molecule has 0 aliphatic rings. The van der Waals surface area contributed by atoms with Crippen LogP contribution >= 0.6 is 0 Å². The molecule has 158 valence electrons. The van der Waals surface area contributed by atoms with Crippen LogP contribution in [0.4, 0.5) is 13.2 Å². The molecule has 2 aromatic heterocycles. The highest BCUT2D eigenvalue weighted by atomic mass is 32.2.